The van der Waals surface area contributed by atoms with Crippen molar-refractivity contribution >= 4 is 22.7 Å². The molecule has 5 heteroatoms. The molecule has 0 bridgehead atoms. The number of methoxy groups -OCH3 is 1. The Morgan fingerprint density at radius 3 is 2.65 bits per heavy atom. The Bertz CT molecular complexity index is 1040. The van der Waals surface area contributed by atoms with Crippen LogP contribution in [0.2, 0.25) is 0 Å². The van der Waals surface area contributed by atoms with E-state index in [0.717, 1.165) is 37.8 Å². The van der Waals surface area contributed by atoms with E-state index in [4.69, 9.17) is 4.74 Å². The van der Waals surface area contributed by atoms with Crippen molar-refractivity contribution in [2.24, 2.45) is 5.92 Å². The number of ether oxygens (including phenoxy) is 1. The molecule has 2 heterocycles. The Labute approximate surface area is 190 Å². The SMILES string of the molecule is COc1cc(C)c2[nH]ccc2c1CN1CCN(CC2CC2)C[C@H]1c1ccc(SC)cc1. The van der Waals surface area contributed by atoms with E-state index in [1.54, 1.807) is 7.11 Å². The molecule has 2 aliphatic rings. The summed E-state index contributed by atoms with van der Waals surface area (Å²) in [7, 11) is 1.79. The summed E-state index contributed by atoms with van der Waals surface area (Å²) in [5, 5.41) is 1.29. The van der Waals surface area contributed by atoms with Gasteiger partial charge >= 0.3 is 0 Å². The maximum atomic E-state index is 5.84. The quantitative estimate of drug-likeness (QED) is 0.498. The second-order valence-corrected chi connectivity index (χ2v) is 9.98. The molecule has 1 aliphatic heterocycles. The summed E-state index contributed by atoms with van der Waals surface area (Å²) in [6.45, 7) is 7.68. The predicted molar refractivity (Wildman–Crippen MR) is 130 cm³/mol. The Hall–Kier alpha value is -1.95. The summed E-state index contributed by atoms with van der Waals surface area (Å²) in [5.41, 5.74) is 5.18. The number of nitrogens with one attached hydrogen (secondary N) is 1. The number of aromatic amines is 1. The normalized spacial score (nSPS) is 20.4. The first-order chi connectivity index (χ1) is 15.2. The van der Waals surface area contributed by atoms with Gasteiger partial charge < -0.3 is 9.72 Å². The van der Waals surface area contributed by atoms with Gasteiger partial charge in [-0.05, 0) is 67.3 Å². The zero-order chi connectivity index (χ0) is 21.4. The van der Waals surface area contributed by atoms with Crippen LogP contribution in [0, 0.1) is 12.8 Å². The molecule has 4 nitrogen and oxygen atoms in total. The number of fused-ring (bicyclic) bond motifs is 1. The van der Waals surface area contributed by atoms with E-state index in [1.165, 1.54) is 51.9 Å². The Morgan fingerprint density at radius 1 is 1.13 bits per heavy atom. The number of aromatic nitrogens is 1. The van der Waals surface area contributed by atoms with Crippen LogP contribution in [0.15, 0.2) is 47.5 Å². The van der Waals surface area contributed by atoms with Crippen molar-refractivity contribution in [3.63, 3.8) is 0 Å². The average Bonchev–Trinajstić information content (AvgIpc) is 3.47. The molecule has 1 saturated heterocycles. The number of benzene rings is 2. The van der Waals surface area contributed by atoms with Gasteiger partial charge in [0.05, 0.1) is 7.11 Å². The standard InChI is InChI=1S/C26H33N3OS/c1-18-14-25(30-2)23(22-10-11-27-26(18)22)16-29-13-12-28(15-19-4-5-19)17-24(29)20-6-8-21(31-3)9-7-20/h6-11,14,19,24,27H,4-5,12-13,15-17H2,1-3H3/t24-/m0/s1. The fraction of sp³-hybridized carbons (Fsp3) is 0.462. The molecule has 0 unspecified atom stereocenters. The van der Waals surface area contributed by atoms with Gasteiger partial charge in [0.2, 0.25) is 0 Å². The maximum Gasteiger partial charge on any atom is 0.124 e. The van der Waals surface area contributed by atoms with Crippen molar-refractivity contribution in [1.82, 2.24) is 14.8 Å². The molecule has 0 spiro atoms. The maximum absolute atomic E-state index is 5.84. The zero-order valence-corrected chi connectivity index (χ0v) is 19.7. The summed E-state index contributed by atoms with van der Waals surface area (Å²) >= 11 is 1.81. The molecule has 1 aromatic heterocycles. The first-order valence-corrected chi connectivity index (χ1v) is 12.6. The van der Waals surface area contributed by atoms with Crippen molar-refractivity contribution in [3.05, 3.63) is 59.3 Å². The first-order valence-electron chi connectivity index (χ1n) is 11.4. The first kappa shape index (κ1) is 20.9. The van der Waals surface area contributed by atoms with E-state index in [0.29, 0.717) is 6.04 Å². The Morgan fingerprint density at radius 2 is 1.94 bits per heavy atom. The number of hydrogen-bond acceptors (Lipinski definition) is 4. The number of rotatable bonds is 7. The molecular weight excluding hydrogens is 402 g/mol. The van der Waals surface area contributed by atoms with Gasteiger partial charge in [-0.2, -0.15) is 0 Å². The molecule has 1 N–H and O–H groups in total. The lowest BCUT2D eigenvalue weighted by Gasteiger charge is -2.42. The predicted octanol–water partition coefficient (Wildman–Crippen LogP) is 5.48. The lowest BCUT2D eigenvalue weighted by molar-refractivity contribution is 0.0650. The van der Waals surface area contributed by atoms with E-state index in [1.807, 2.05) is 18.0 Å². The lowest BCUT2D eigenvalue weighted by atomic mass is 9.99. The van der Waals surface area contributed by atoms with E-state index in [-0.39, 0.29) is 0 Å². The molecule has 164 valence electrons. The van der Waals surface area contributed by atoms with Crippen LogP contribution in [0.3, 0.4) is 0 Å². The molecule has 2 aromatic carbocycles. The van der Waals surface area contributed by atoms with Crippen LogP contribution >= 0.6 is 11.8 Å². The van der Waals surface area contributed by atoms with Crippen LogP contribution < -0.4 is 4.74 Å². The minimum atomic E-state index is 0.406. The molecule has 5 rings (SSSR count). The minimum Gasteiger partial charge on any atom is -0.496 e. The molecule has 31 heavy (non-hydrogen) atoms. The molecule has 1 saturated carbocycles. The largest absolute Gasteiger partial charge is 0.496 e. The Kier molecular flexibility index (Phi) is 6.00. The fourth-order valence-electron chi connectivity index (χ4n) is 5.02. The van der Waals surface area contributed by atoms with Gasteiger partial charge in [0, 0.05) is 66.3 Å². The highest BCUT2D eigenvalue weighted by molar-refractivity contribution is 7.98. The second-order valence-electron chi connectivity index (χ2n) is 9.10. The highest BCUT2D eigenvalue weighted by atomic mass is 32.2. The van der Waals surface area contributed by atoms with Gasteiger partial charge in [-0.3, -0.25) is 9.80 Å². The third-order valence-electron chi connectivity index (χ3n) is 6.98. The number of nitrogens with zero attached hydrogens (tertiary/aromatic N) is 2. The van der Waals surface area contributed by atoms with Gasteiger partial charge in [-0.25, -0.2) is 0 Å². The zero-order valence-electron chi connectivity index (χ0n) is 18.9. The summed E-state index contributed by atoms with van der Waals surface area (Å²) in [4.78, 5) is 10.1. The summed E-state index contributed by atoms with van der Waals surface area (Å²) in [6, 6.07) is 14.0. The van der Waals surface area contributed by atoms with Crippen LogP contribution in [-0.2, 0) is 6.54 Å². The topological polar surface area (TPSA) is 31.5 Å². The third kappa shape index (κ3) is 4.36. The van der Waals surface area contributed by atoms with Crippen molar-refractivity contribution < 1.29 is 4.74 Å². The van der Waals surface area contributed by atoms with Gasteiger partial charge in [-0.15, -0.1) is 11.8 Å². The van der Waals surface area contributed by atoms with Crippen LogP contribution in [0.1, 0.15) is 35.6 Å². The second kappa shape index (κ2) is 8.89. The van der Waals surface area contributed by atoms with Crippen LogP contribution in [0.4, 0.5) is 0 Å². The Balaban J connectivity index is 1.46. The van der Waals surface area contributed by atoms with Gasteiger partial charge in [0.25, 0.3) is 0 Å². The highest BCUT2D eigenvalue weighted by Gasteiger charge is 2.32. The molecule has 0 radical (unpaired) electrons. The smallest absolute Gasteiger partial charge is 0.124 e. The summed E-state index contributed by atoms with van der Waals surface area (Å²) in [6.07, 6.45) is 7.02. The number of piperazine rings is 1. The molecule has 3 aromatic rings. The number of thioether (sulfide) groups is 1. The van der Waals surface area contributed by atoms with Crippen LogP contribution in [-0.4, -0.2) is 54.3 Å². The van der Waals surface area contributed by atoms with Crippen molar-refractivity contribution in [2.45, 2.75) is 37.2 Å². The monoisotopic (exact) mass is 435 g/mol. The van der Waals surface area contributed by atoms with Crippen molar-refractivity contribution in [2.75, 3.05) is 39.5 Å². The minimum absolute atomic E-state index is 0.406. The third-order valence-corrected chi connectivity index (χ3v) is 7.73. The van der Waals surface area contributed by atoms with Gasteiger partial charge in [0.15, 0.2) is 0 Å². The van der Waals surface area contributed by atoms with Crippen molar-refractivity contribution in [3.8, 4) is 5.75 Å². The molecule has 0 amide bonds. The lowest BCUT2D eigenvalue weighted by Crippen LogP contribution is -2.48. The summed E-state index contributed by atoms with van der Waals surface area (Å²) < 4.78 is 5.84. The van der Waals surface area contributed by atoms with Crippen LogP contribution in [0.25, 0.3) is 10.9 Å². The van der Waals surface area contributed by atoms with E-state index in [9.17, 15) is 0 Å². The number of aryl methyl sites for hydroxylation is 1. The fourth-order valence-corrected chi connectivity index (χ4v) is 5.43. The molecule has 2 fully saturated rings. The van der Waals surface area contributed by atoms with Crippen LogP contribution in [0.5, 0.6) is 5.75 Å². The van der Waals surface area contributed by atoms with E-state index >= 15 is 0 Å². The summed E-state index contributed by atoms with van der Waals surface area (Å²) in [5.74, 6) is 1.93. The number of H-pyrrole nitrogens is 1. The van der Waals surface area contributed by atoms with E-state index in [2.05, 4.69) is 64.4 Å². The van der Waals surface area contributed by atoms with Gasteiger partial charge in [-0.1, -0.05) is 12.1 Å². The van der Waals surface area contributed by atoms with Gasteiger partial charge in [0.1, 0.15) is 5.75 Å². The molecule has 1 aliphatic carbocycles. The highest BCUT2D eigenvalue weighted by Crippen LogP contribution is 2.36. The number of hydrogen-bond donors (Lipinski definition) is 1. The molecule has 1 atom stereocenters. The van der Waals surface area contributed by atoms with E-state index < -0.39 is 0 Å². The van der Waals surface area contributed by atoms with Crippen molar-refractivity contribution in [1.29, 1.82) is 0 Å². The average molecular weight is 436 g/mol. The molecular formula is C26H33N3OS.